The number of aromatic nitrogens is 3. The number of ether oxygens (including phenoxy) is 3. The van der Waals surface area contributed by atoms with E-state index >= 15 is 0 Å². The summed E-state index contributed by atoms with van der Waals surface area (Å²) < 4.78 is 18.6. The third kappa shape index (κ3) is 10.3. The van der Waals surface area contributed by atoms with Gasteiger partial charge in [0.15, 0.2) is 0 Å². The Bertz CT molecular complexity index is 1320. The van der Waals surface area contributed by atoms with Gasteiger partial charge in [0.1, 0.15) is 30.1 Å². The van der Waals surface area contributed by atoms with Gasteiger partial charge in [0, 0.05) is 43.5 Å². The van der Waals surface area contributed by atoms with Gasteiger partial charge in [0.25, 0.3) is 0 Å². The average Bonchev–Trinajstić information content (AvgIpc) is 3.63. The minimum absolute atomic E-state index is 0.00771. The molecule has 0 radical (unpaired) electrons. The van der Waals surface area contributed by atoms with E-state index < -0.39 is 18.4 Å². The number of carbonyl (C=O) groups excluding carboxylic acids is 2. The number of rotatable bonds is 17. The van der Waals surface area contributed by atoms with Crippen molar-refractivity contribution in [2.45, 2.75) is 76.2 Å². The normalized spacial score (nSPS) is 22.8. The number of nitrogens with one attached hydrogen (secondary N) is 2. The lowest BCUT2D eigenvalue weighted by Crippen LogP contribution is -2.38. The summed E-state index contributed by atoms with van der Waals surface area (Å²) in [6.07, 6.45) is 8.27. The third-order valence-electron chi connectivity index (χ3n) is 8.47. The molecule has 3 atom stereocenters. The van der Waals surface area contributed by atoms with Gasteiger partial charge in [-0.1, -0.05) is 24.7 Å². The Labute approximate surface area is 274 Å². The van der Waals surface area contributed by atoms with Gasteiger partial charge in [-0.05, 0) is 38.5 Å². The largest absolute Gasteiger partial charge is 0.394 e. The van der Waals surface area contributed by atoms with Gasteiger partial charge in [-0.2, -0.15) is 0 Å². The highest BCUT2D eigenvalue weighted by Gasteiger charge is 2.35. The fourth-order valence-electron chi connectivity index (χ4n) is 5.87. The molecule has 46 heavy (non-hydrogen) atoms. The third-order valence-corrected chi connectivity index (χ3v) is 8.73. The molecule has 3 heterocycles. The van der Waals surface area contributed by atoms with Crippen LogP contribution in [0.5, 0.6) is 0 Å². The van der Waals surface area contributed by atoms with Crippen LogP contribution in [0.2, 0.25) is 0 Å². The van der Waals surface area contributed by atoms with Crippen molar-refractivity contribution in [2.75, 3.05) is 57.7 Å². The van der Waals surface area contributed by atoms with Gasteiger partial charge in [-0.3, -0.25) is 9.59 Å². The fourth-order valence-corrected chi connectivity index (χ4v) is 6.06. The standard InChI is InChI=1S/C32H47ClN6O7/c33-11-3-1-2-4-14-44-16-17-45-15-13-36-32(43)23-9-7-22(8-10-23)31(42)35-12-5-6-24-19-39(27-18-25(41)26(20-40)46-27)30-28(24)29(34)37-21-38-30/h19,21-23,25-27,40-41H,1-4,7-18,20H2,(H,35,42)(H,36,43)(H2,34,37,38)/t22?,23?,25?,26-,27-/m1/s1. The zero-order valence-electron chi connectivity index (χ0n) is 26.3. The van der Waals surface area contributed by atoms with Crippen LogP contribution in [0.1, 0.15) is 69.6 Å². The number of fused-ring (bicyclic) bond motifs is 1. The SMILES string of the molecule is Nc1ncnc2c1c(C#CCNC(=O)C1CCC(C(=O)NCCOCCOCCCCCCCl)CC1)cn2[C@H]1CC(O)[C@@H](CO)O1. The average molecular weight is 663 g/mol. The molecule has 1 unspecified atom stereocenters. The number of nitrogen functional groups attached to an aromatic ring is 1. The number of hydrogen-bond donors (Lipinski definition) is 5. The Morgan fingerprint density at radius 2 is 1.72 bits per heavy atom. The van der Waals surface area contributed by atoms with E-state index in [0.29, 0.717) is 74.5 Å². The Balaban J connectivity index is 1.13. The van der Waals surface area contributed by atoms with Gasteiger partial charge in [-0.15, -0.1) is 11.6 Å². The molecule has 4 rings (SSSR count). The first-order valence-electron chi connectivity index (χ1n) is 16.2. The molecule has 2 aromatic heterocycles. The Hall–Kier alpha value is -2.99. The van der Waals surface area contributed by atoms with Crippen LogP contribution < -0.4 is 16.4 Å². The van der Waals surface area contributed by atoms with Crippen LogP contribution in [0, 0.1) is 23.7 Å². The van der Waals surface area contributed by atoms with Crippen LogP contribution >= 0.6 is 11.6 Å². The maximum atomic E-state index is 12.8. The van der Waals surface area contributed by atoms with Crippen LogP contribution in [0.15, 0.2) is 12.5 Å². The van der Waals surface area contributed by atoms with Gasteiger partial charge in [0.2, 0.25) is 11.8 Å². The van der Waals surface area contributed by atoms with Crippen molar-refractivity contribution in [3.8, 4) is 11.8 Å². The van der Waals surface area contributed by atoms with Crippen molar-refractivity contribution in [1.29, 1.82) is 0 Å². The van der Waals surface area contributed by atoms with Gasteiger partial charge in [0.05, 0.1) is 50.0 Å². The van der Waals surface area contributed by atoms with Gasteiger partial charge in [-0.25, -0.2) is 9.97 Å². The lowest BCUT2D eigenvalue weighted by Gasteiger charge is -2.26. The quantitative estimate of drug-likeness (QED) is 0.0952. The predicted octanol–water partition coefficient (Wildman–Crippen LogP) is 1.88. The molecule has 0 bridgehead atoms. The molecule has 1 aliphatic heterocycles. The van der Waals surface area contributed by atoms with E-state index in [4.69, 9.17) is 31.5 Å². The molecule has 14 heteroatoms. The molecule has 254 valence electrons. The zero-order valence-corrected chi connectivity index (χ0v) is 27.1. The lowest BCUT2D eigenvalue weighted by atomic mass is 9.81. The second-order valence-corrected chi connectivity index (χ2v) is 12.1. The van der Waals surface area contributed by atoms with Crippen molar-refractivity contribution < 1.29 is 34.0 Å². The molecule has 2 fully saturated rings. The number of aliphatic hydroxyl groups excluding tert-OH is 2. The number of aliphatic hydroxyl groups is 2. The van der Waals surface area contributed by atoms with Crippen molar-refractivity contribution in [3.63, 3.8) is 0 Å². The van der Waals surface area contributed by atoms with Crippen molar-refractivity contribution in [3.05, 3.63) is 18.1 Å². The number of hydrogen-bond acceptors (Lipinski definition) is 10. The second-order valence-electron chi connectivity index (χ2n) is 11.7. The molecule has 2 aromatic rings. The van der Waals surface area contributed by atoms with E-state index in [1.54, 1.807) is 10.8 Å². The van der Waals surface area contributed by atoms with Crippen LogP contribution in [0.3, 0.4) is 0 Å². The smallest absolute Gasteiger partial charge is 0.223 e. The maximum Gasteiger partial charge on any atom is 0.223 e. The van der Waals surface area contributed by atoms with Crippen LogP contribution in [0.4, 0.5) is 5.82 Å². The molecule has 6 N–H and O–H groups in total. The van der Waals surface area contributed by atoms with Crippen molar-refractivity contribution in [2.24, 2.45) is 11.8 Å². The van der Waals surface area contributed by atoms with E-state index in [0.717, 1.165) is 32.3 Å². The van der Waals surface area contributed by atoms with Crippen LogP contribution in [-0.2, 0) is 23.8 Å². The molecule has 0 aromatic carbocycles. The minimum atomic E-state index is -0.803. The molecule has 2 amide bonds. The lowest BCUT2D eigenvalue weighted by molar-refractivity contribution is -0.130. The first-order chi connectivity index (χ1) is 22.4. The molecule has 2 aliphatic rings. The van der Waals surface area contributed by atoms with E-state index in [9.17, 15) is 19.8 Å². The van der Waals surface area contributed by atoms with Gasteiger partial charge < -0.3 is 45.4 Å². The van der Waals surface area contributed by atoms with Crippen LogP contribution in [-0.4, -0.2) is 101 Å². The van der Waals surface area contributed by atoms with E-state index in [2.05, 4.69) is 32.4 Å². The monoisotopic (exact) mass is 662 g/mol. The summed E-state index contributed by atoms with van der Waals surface area (Å²) in [5, 5.41) is 26.0. The first-order valence-corrected chi connectivity index (χ1v) is 16.8. The van der Waals surface area contributed by atoms with Crippen LogP contribution in [0.25, 0.3) is 11.0 Å². The minimum Gasteiger partial charge on any atom is -0.394 e. The molecule has 13 nitrogen and oxygen atoms in total. The van der Waals surface area contributed by atoms with Gasteiger partial charge >= 0.3 is 0 Å². The summed E-state index contributed by atoms with van der Waals surface area (Å²) in [5.41, 5.74) is 7.21. The fraction of sp³-hybridized carbons (Fsp3) is 0.688. The summed E-state index contributed by atoms with van der Waals surface area (Å²) in [4.78, 5) is 33.8. The number of alkyl halides is 1. The number of anilines is 1. The number of nitrogens with zero attached hydrogens (tertiary/aromatic N) is 3. The number of halogens is 1. The number of unbranched alkanes of at least 4 members (excludes halogenated alkanes) is 3. The Morgan fingerprint density at radius 3 is 2.41 bits per heavy atom. The molecule has 0 spiro atoms. The molecule has 1 aliphatic carbocycles. The summed E-state index contributed by atoms with van der Waals surface area (Å²) in [6, 6.07) is 0. The predicted molar refractivity (Wildman–Crippen MR) is 173 cm³/mol. The topological polar surface area (TPSA) is 183 Å². The molecule has 1 saturated heterocycles. The Kier molecular flexibility index (Phi) is 14.8. The maximum absolute atomic E-state index is 12.8. The van der Waals surface area contributed by atoms with E-state index in [1.165, 1.54) is 6.33 Å². The number of amides is 2. The summed E-state index contributed by atoms with van der Waals surface area (Å²) in [5.74, 6) is 6.67. The number of carbonyl (C=O) groups is 2. The molecular weight excluding hydrogens is 616 g/mol. The summed E-state index contributed by atoms with van der Waals surface area (Å²) in [6.45, 7) is 2.51. The second kappa shape index (κ2) is 19.0. The number of nitrogens with two attached hydrogens (primary N) is 1. The highest BCUT2D eigenvalue weighted by atomic mass is 35.5. The first kappa shape index (κ1) is 35.9. The summed E-state index contributed by atoms with van der Waals surface area (Å²) >= 11 is 5.67. The van der Waals surface area contributed by atoms with E-state index in [-0.39, 0.29) is 49.0 Å². The van der Waals surface area contributed by atoms with Crippen molar-refractivity contribution >= 4 is 40.3 Å². The molecular formula is C32H47ClN6O7. The Morgan fingerprint density at radius 1 is 1.02 bits per heavy atom. The highest BCUT2D eigenvalue weighted by molar-refractivity contribution is 6.17. The van der Waals surface area contributed by atoms with Crippen molar-refractivity contribution in [1.82, 2.24) is 25.2 Å². The highest BCUT2D eigenvalue weighted by Crippen LogP contribution is 2.34. The van der Waals surface area contributed by atoms with E-state index in [1.807, 2.05) is 0 Å². The zero-order chi connectivity index (χ0) is 32.7. The summed E-state index contributed by atoms with van der Waals surface area (Å²) in [7, 11) is 0. The molecule has 1 saturated carbocycles.